The molecule has 13 heavy (non-hydrogen) atoms. The third kappa shape index (κ3) is 4.10. The molecule has 0 fully saturated rings. The second kappa shape index (κ2) is 3.94. The van der Waals surface area contributed by atoms with Gasteiger partial charge in [0.1, 0.15) is 0 Å². The summed E-state index contributed by atoms with van der Waals surface area (Å²) in [5.74, 6) is 0. The van der Waals surface area contributed by atoms with Crippen LogP contribution in [-0.4, -0.2) is 29.0 Å². The Morgan fingerprint density at radius 2 is 2.23 bits per heavy atom. The third-order valence-corrected chi connectivity index (χ3v) is 1.79. The Hall–Kier alpha value is -0.800. The zero-order valence-electron chi connectivity index (χ0n) is 8.67. The molecular formula is C10H19N3. The van der Waals surface area contributed by atoms with E-state index in [1.165, 1.54) is 5.56 Å². The lowest BCUT2D eigenvalue weighted by molar-refractivity contribution is 0.263. The molecule has 0 bridgehead atoms. The molecule has 1 heterocycles. The predicted octanol–water partition coefficient (Wildman–Crippen LogP) is 1.18. The van der Waals surface area contributed by atoms with Gasteiger partial charge in [-0.05, 0) is 32.5 Å². The topological polar surface area (TPSA) is 45.0 Å². The molecule has 74 valence electrons. The first kappa shape index (κ1) is 10.3. The van der Waals surface area contributed by atoms with Gasteiger partial charge in [-0.1, -0.05) is 0 Å². The third-order valence-electron chi connectivity index (χ3n) is 1.79. The highest BCUT2D eigenvalue weighted by atomic mass is 15.1. The number of likely N-dealkylation sites (N-methyl/N-ethyl adjacent to an activating group) is 1. The van der Waals surface area contributed by atoms with Crippen LogP contribution in [0.3, 0.4) is 0 Å². The lowest BCUT2D eigenvalue weighted by Gasteiger charge is -2.26. The van der Waals surface area contributed by atoms with Crippen molar-refractivity contribution in [2.24, 2.45) is 5.73 Å². The van der Waals surface area contributed by atoms with E-state index in [-0.39, 0.29) is 5.54 Å². The molecule has 1 aromatic heterocycles. The molecule has 0 spiro atoms. The van der Waals surface area contributed by atoms with Crippen molar-refractivity contribution in [1.82, 2.24) is 9.88 Å². The molecule has 0 aliphatic carbocycles. The van der Waals surface area contributed by atoms with Crippen molar-refractivity contribution >= 4 is 0 Å². The van der Waals surface area contributed by atoms with Crippen LogP contribution in [0.5, 0.6) is 0 Å². The van der Waals surface area contributed by atoms with E-state index in [4.69, 9.17) is 5.73 Å². The summed E-state index contributed by atoms with van der Waals surface area (Å²) in [6, 6.07) is 2.08. The molecule has 1 aromatic rings. The molecule has 0 aliphatic rings. The molecule has 0 unspecified atom stereocenters. The van der Waals surface area contributed by atoms with Crippen LogP contribution in [0, 0.1) is 0 Å². The maximum absolute atomic E-state index is 5.92. The lowest BCUT2D eigenvalue weighted by Crippen LogP contribution is -2.43. The van der Waals surface area contributed by atoms with Crippen LogP contribution in [-0.2, 0) is 6.54 Å². The van der Waals surface area contributed by atoms with Crippen molar-refractivity contribution in [3.05, 3.63) is 24.0 Å². The first-order valence-corrected chi connectivity index (χ1v) is 4.56. The zero-order chi connectivity index (χ0) is 9.90. The van der Waals surface area contributed by atoms with Crippen molar-refractivity contribution in [2.75, 3.05) is 13.6 Å². The highest BCUT2D eigenvalue weighted by Gasteiger charge is 2.13. The fourth-order valence-electron chi connectivity index (χ4n) is 1.52. The SMILES string of the molecule is CN(Cc1cc[nH]c1)CC(C)(C)N. The van der Waals surface area contributed by atoms with Gasteiger partial charge in [0.15, 0.2) is 0 Å². The van der Waals surface area contributed by atoms with Crippen molar-refractivity contribution in [3.8, 4) is 0 Å². The Balaban J connectivity index is 2.38. The number of aromatic amines is 1. The molecular weight excluding hydrogens is 162 g/mol. The first-order chi connectivity index (χ1) is 5.97. The molecule has 3 heteroatoms. The van der Waals surface area contributed by atoms with Gasteiger partial charge in [0.2, 0.25) is 0 Å². The lowest BCUT2D eigenvalue weighted by atomic mass is 10.1. The second-order valence-corrected chi connectivity index (χ2v) is 4.38. The number of hydrogen-bond donors (Lipinski definition) is 2. The van der Waals surface area contributed by atoms with E-state index >= 15 is 0 Å². The number of H-pyrrole nitrogens is 1. The maximum atomic E-state index is 5.92. The molecule has 0 atom stereocenters. The van der Waals surface area contributed by atoms with Crippen LogP contribution < -0.4 is 5.73 Å². The van der Waals surface area contributed by atoms with Crippen LogP contribution in [0.1, 0.15) is 19.4 Å². The summed E-state index contributed by atoms with van der Waals surface area (Å²) in [6.07, 6.45) is 3.96. The van der Waals surface area contributed by atoms with Gasteiger partial charge in [0.25, 0.3) is 0 Å². The number of nitrogens with zero attached hydrogens (tertiary/aromatic N) is 1. The van der Waals surface area contributed by atoms with Gasteiger partial charge in [-0.25, -0.2) is 0 Å². The zero-order valence-corrected chi connectivity index (χ0v) is 8.67. The maximum Gasteiger partial charge on any atom is 0.0246 e. The highest BCUT2D eigenvalue weighted by Crippen LogP contribution is 2.05. The van der Waals surface area contributed by atoms with Crippen LogP contribution in [0.25, 0.3) is 0 Å². The van der Waals surface area contributed by atoms with Crippen LogP contribution in [0.2, 0.25) is 0 Å². The Labute approximate surface area is 79.9 Å². The molecule has 0 saturated heterocycles. The summed E-state index contributed by atoms with van der Waals surface area (Å²) >= 11 is 0. The number of rotatable bonds is 4. The Kier molecular flexibility index (Phi) is 3.12. The van der Waals surface area contributed by atoms with E-state index in [0.717, 1.165) is 13.1 Å². The molecule has 0 amide bonds. The van der Waals surface area contributed by atoms with E-state index in [0.29, 0.717) is 0 Å². The molecule has 0 aliphatic heterocycles. The molecule has 0 radical (unpaired) electrons. The van der Waals surface area contributed by atoms with Gasteiger partial charge in [-0.3, -0.25) is 0 Å². The van der Waals surface area contributed by atoms with Crippen molar-refractivity contribution < 1.29 is 0 Å². The average Bonchev–Trinajstić information content (AvgIpc) is 2.34. The number of aromatic nitrogens is 1. The largest absolute Gasteiger partial charge is 0.367 e. The minimum absolute atomic E-state index is 0.120. The Morgan fingerprint density at radius 1 is 1.54 bits per heavy atom. The number of nitrogens with two attached hydrogens (primary N) is 1. The van der Waals surface area contributed by atoms with E-state index in [9.17, 15) is 0 Å². The van der Waals surface area contributed by atoms with Crippen molar-refractivity contribution in [2.45, 2.75) is 25.9 Å². The highest BCUT2D eigenvalue weighted by molar-refractivity contribution is 5.07. The van der Waals surface area contributed by atoms with Gasteiger partial charge in [-0.15, -0.1) is 0 Å². The van der Waals surface area contributed by atoms with Gasteiger partial charge in [0.05, 0.1) is 0 Å². The summed E-state index contributed by atoms with van der Waals surface area (Å²) in [4.78, 5) is 5.27. The van der Waals surface area contributed by atoms with Gasteiger partial charge >= 0.3 is 0 Å². The Bertz CT molecular complexity index is 233. The Morgan fingerprint density at radius 3 is 2.69 bits per heavy atom. The molecule has 0 aromatic carbocycles. The van der Waals surface area contributed by atoms with E-state index in [1.807, 2.05) is 26.2 Å². The van der Waals surface area contributed by atoms with Crippen LogP contribution in [0.4, 0.5) is 0 Å². The predicted molar refractivity (Wildman–Crippen MR) is 55.4 cm³/mol. The van der Waals surface area contributed by atoms with Crippen molar-refractivity contribution in [1.29, 1.82) is 0 Å². The van der Waals surface area contributed by atoms with Gasteiger partial charge < -0.3 is 15.6 Å². The normalized spacial score (nSPS) is 12.4. The fourth-order valence-corrected chi connectivity index (χ4v) is 1.52. The van der Waals surface area contributed by atoms with E-state index in [1.54, 1.807) is 0 Å². The molecule has 3 nitrogen and oxygen atoms in total. The first-order valence-electron chi connectivity index (χ1n) is 4.56. The summed E-state index contributed by atoms with van der Waals surface area (Å²) < 4.78 is 0. The average molecular weight is 181 g/mol. The molecule has 3 N–H and O–H groups in total. The van der Waals surface area contributed by atoms with Crippen molar-refractivity contribution in [3.63, 3.8) is 0 Å². The smallest absolute Gasteiger partial charge is 0.0246 e. The van der Waals surface area contributed by atoms with E-state index < -0.39 is 0 Å². The second-order valence-electron chi connectivity index (χ2n) is 4.38. The molecule has 1 rings (SSSR count). The molecule has 0 saturated carbocycles. The fraction of sp³-hybridized carbons (Fsp3) is 0.600. The minimum Gasteiger partial charge on any atom is -0.367 e. The summed E-state index contributed by atoms with van der Waals surface area (Å²) in [5, 5.41) is 0. The van der Waals surface area contributed by atoms with Crippen LogP contribution in [0.15, 0.2) is 18.5 Å². The number of hydrogen-bond acceptors (Lipinski definition) is 2. The van der Waals surface area contributed by atoms with Gasteiger partial charge in [-0.2, -0.15) is 0 Å². The van der Waals surface area contributed by atoms with Crippen LogP contribution >= 0.6 is 0 Å². The number of nitrogens with one attached hydrogen (secondary N) is 1. The standard InChI is InChI=1S/C10H19N3/c1-10(2,11)8-13(3)7-9-4-5-12-6-9/h4-6,12H,7-8,11H2,1-3H3. The monoisotopic (exact) mass is 181 g/mol. The summed E-state index contributed by atoms with van der Waals surface area (Å²) in [5.41, 5.74) is 7.09. The van der Waals surface area contributed by atoms with Gasteiger partial charge in [0, 0.05) is 31.0 Å². The summed E-state index contributed by atoms with van der Waals surface area (Å²) in [7, 11) is 2.08. The summed E-state index contributed by atoms with van der Waals surface area (Å²) in [6.45, 7) is 5.93. The minimum atomic E-state index is -0.120. The quantitative estimate of drug-likeness (QED) is 0.732. The van der Waals surface area contributed by atoms with E-state index in [2.05, 4.69) is 23.0 Å².